The number of ether oxygens (including phenoxy) is 2. The average molecular weight is 447 g/mol. The zero-order valence-electron chi connectivity index (χ0n) is 17.5. The van der Waals surface area contributed by atoms with Gasteiger partial charge in [-0.15, -0.1) is 0 Å². The van der Waals surface area contributed by atoms with Crippen LogP contribution in [0.15, 0.2) is 48.5 Å². The lowest BCUT2D eigenvalue weighted by Gasteiger charge is -2.13. The van der Waals surface area contributed by atoms with Gasteiger partial charge in [-0.05, 0) is 72.7 Å². The molecular weight excluding hydrogens is 416 g/mol. The van der Waals surface area contributed by atoms with Gasteiger partial charge in [-0.3, -0.25) is 0 Å². The summed E-state index contributed by atoms with van der Waals surface area (Å²) >= 11 is 10.6. The highest BCUT2D eigenvalue weighted by Gasteiger charge is 1.99. The molecule has 0 aliphatic carbocycles. The lowest BCUT2D eigenvalue weighted by Crippen LogP contribution is -2.43. The fraction of sp³-hybridized carbons (Fsp3) is 0.364. The molecule has 0 aromatic heterocycles. The number of hydrogen-bond donors (Lipinski definition) is 4. The van der Waals surface area contributed by atoms with E-state index in [1.54, 1.807) is 14.2 Å². The Bertz CT molecular complexity index is 715. The van der Waals surface area contributed by atoms with E-state index in [1.165, 1.54) is 11.1 Å². The van der Waals surface area contributed by atoms with Crippen LogP contribution in [-0.2, 0) is 12.8 Å². The van der Waals surface area contributed by atoms with E-state index in [2.05, 4.69) is 45.5 Å². The highest BCUT2D eigenvalue weighted by Crippen LogP contribution is 2.12. The monoisotopic (exact) mass is 446 g/mol. The van der Waals surface area contributed by atoms with Gasteiger partial charge in [0.2, 0.25) is 0 Å². The largest absolute Gasteiger partial charge is 0.497 e. The molecule has 2 aromatic rings. The quantitative estimate of drug-likeness (QED) is 0.310. The minimum absolute atomic E-state index is 0.642. The van der Waals surface area contributed by atoms with Gasteiger partial charge in [0.05, 0.1) is 14.2 Å². The molecule has 0 heterocycles. The van der Waals surface area contributed by atoms with Crippen LogP contribution in [-0.4, -0.2) is 50.6 Å². The van der Waals surface area contributed by atoms with E-state index in [1.807, 2.05) is 24.3 Å². The smallest absolute Gasteiger partial charge is 0.166 e. The van der Waals surface area contributed by atoms with Crippen molar-refractivity contribution >= 4 is 34.7 Å². The van der Waals surface area contributed by atoms with Crippen LogP contribution < -0.4 is 30.7 Å². The first kappa shape index (κ1) is 23.7. The van der Waals surface area contributed by atoms with Crippen LogP contribution in [0.5, 0.6) is 11.5 Å². The summed E-state index contributed by atoms with van der Waals surface area (Å²) in [7, 11) is 3.34. The van der Waals surface area contributed by atoms with Gasteiger partial charge in [0, 0.05) is 26.2 Å². The molecule has 0 saturated carbocycles. The first-order valence-electron chi connectivity index (χ1n) is 9.90. The van der Waals surface area contributed by atoms with Gasteiger partial charge < -0.3 is 30.7 Å². The van der Waals surface area contributed by atoms with Crippen LogP contribution in [0, 0.1) is 0 Å². The van der Waals surface area contributed by atoms with E-state index < -0.39 is 0 Å². The van der Waals surface area contributed by atoms with Crippen molar-refractivity contribution in [3.05, 3.63) is 59.7 Å². The lowest BCUT2D eigenvalue weighted by atomic mass is 10.1. The Morgan fingerprint density at radius 3 is 1.27 bits per heavy atom. The van der Waals surface area contributed by atoms with Crippen molar-refractivity contribution in [2.45, 2.75) is 12.8 Å². The van der Waals surface area contributed by atoms with Crippen LogP contribution in [0.3, 0.4) is 0 Å². The first-order valence-corrected chi connectivity index (χ1v) is 10.7. The predicted molar refractivity (Wildman–Crippen MR) is 131 cm³/mol. The third-order valence-corrected chi connectivity index (χ3v) is 4.99. The number of thiocarbonyl (C=S) groups is 2. The molecule has 30 heavy (non-hydrogen) atoms. The molecule has 6 nitrogen and oxygen atoms in total. The Balaban J connectivity index is 1.49. The third-order valence-electron chi connectivity index (χ3n) is 4.41. The predicted octanol–water partition coefficient (Wildman–Crippen LogP) is 2.42. The zero-order valence-corrected chi connectivity index (χ0v) is 19.1. The zero-order chi connectivity index (χ0) is 21.6. The molecule has 162 valence electrons. The van der Waals surface area contributed by atoms with E-state index in [0.29, 0.717) is 23.3 Å². The van der Waals surface area contributed by atoms with Crippen molar-refractivity contribution in [1.29, 1.82) is 0 Å². The van der Waals surface area contributed by atoms with Gasteiger partial charge in [-0.2, -0.15) is 0 Å². The molecule has 0 amide bonds. The lowest BCUT2D eigenvalue weighted by molar-refractivity contribution is 0.414. The van der Waals surface area contributed by atoms with Gasteiger partial charge in [0.1, 0.15) is 11.5 Å². The standard InChI is InChI=1S/C22H30N4O2S2/c1-27-19-7-3-17(4-8-19)11-13-23-21(29)25-15-16-26-22(30)24-14-12-18-5-9-20(28-2)10-6-18/h3-10H,11-16H2,1-2H3,(H2,23,25,29)(H2,24,26,30). The molecule has 0 unspecified atom stereocenters. The molecule has 0 saturated heterocycles. The maximum Gasteiger partial charge on any atom is 0.166 e. The van der Waals surface area contributed by atoms with Crippen LogP contribution in [0.2, 0.25) is 0 Å². The van der Waals surface area contributed by atoms with Crippen LogP contribution in [0.4, 0.5) is 0 Å². The summed E-state index contributed by atoms with van der Waals surface area (Å²) in [6.07, 6.45) is 1.79. The molecule has 0 atom stereocenters. The second kappa shape index (κ2) is 13.6. The minimum Gasteiger partial charge on any atom is -0.497 e. The van der Waals surface area contributed by atoms with E-state index in [4.69, 9.17) is 33.9 Å². The molecule has 2 aromatic carbocycles. The highest BCUT2D eigenvalue weighted by molar-refractivity contribution is 7.80. The molecule has 0 radical (unpaired) electrons. The summed E-state index contributed by atoms with van der Waals surface area (Å²) in [6, 6.07) is 16.1. The van der Waals surface area contributed by atoms with Gasteiger partial charge in [0.15, 0.2) is 10.2 Å². The molecule has 0 fully saturated rings. The second-order valence-electron chi connectivity index (χ2n) is 6.56. The Morgan fingerprint density at radius 1 is 0.600 bits per heavy atom. The van der Waals surface area contributed by atoms with Crippen LogP contribution >= 0.6 is 24.4 Å². The Labute approximate surface area is 189 Å². The van der Waals surface area contributed by atoms with Crippen molar-refractivity contribution in [1.82, 2.24) is 21.3 Å². The van der Waals surface area contributed by atoms with E-state index in [9.17, 15) is 0 Å². The summed E-state index contributed by atoms with van der Waals surface area (Å²) in [5.41, 5.74) is 2.47. The van der Waals surface area contributed by atoms with Crippen LogP contribution in [0.25, 0.3) is 0 Å². The normalized spacial score (nSPS) is 10.1. The maximum absolute atomic E-state index is 5.30. The Hall–Kier alpha value is -2.58. The van der Waals surface area contributed by atoms with Gasteiger partial charge in [0.25, 0.3) is 0 Å². The second-order valence-corrected chi connectivity index (χ2v) is 7.38. The molecule has 0 aliphatic heterocycles. The Kier molecular flexibility index (Phi) is 10.7. The van der Waals surface area contributed by atoms with Crippen molar-refractivity contribution in [2.75, 3.05) is 40.4 Å². The molecule has 0 bridgehead atoms. The van der Waals surface area contributed by atoms with E-state index >= 15 is 0 Å². The SMILES string of the molecule is COc1ccc(CCNC(=S)NCCNC(=S)NCCc2ccc(OC)cc2)cc1. The average Bonchev–Trinajstić information content (AvgIpc) is 2.77. The van der Waals surface area contributed by atoms with Crippen LogP contribution in [0.1, 0.15) is 11.1 Å². The number of rotatable bonds is 11. The Morgan fingerprint density at radius 2 is 0.933 bits per heavy atom. The van der Waals surface area contributed by atoms with Gasteiger partial charge in [-0.1, -0.05) is 24.3 Å². The summed E-state index contributed by atoms with van der Waals surface area (Å²) in [4.78, 5) is 0. The fourth-order valence-electron chi connectivity index (χ4n) is 2.70. The highest BCUT2D eigenvalue weighted by atomic mass is 32.1. The third kappa shape index (κ3) is 9.28. The summed E-state index contributed by atoms with van der Waals surface area (Å²) in [5, 5.41) is 14.1. The number of hydrogen-bond acceptors (Lipinski definition) is 4. The molecule has 8 heteroatoms. The topological polar surface area (TPSA) is 66.6 Å². The van der Waals surface area contributed by atoms with E-state index in [-0.39, 0.29) is 0 Å². The molecule has 0 aliphatic rings. The van der Waals surface area contributed by atoms with E-state index in [0.717, 1.165) is 37.4 Å². The summed E-state index contributed by atoms with van der Waals surface area (Å²) in [5.74, 6) is 1.73. The number of nitrogens with one attached hydrogen (secondary N) is 4. The molecule has 4 N–H and O–H groups in total. The molecule has 0 spiro atoms. The first-order chi connectivity index (χ1) is 14.6. The fourth-order valence-corrected chi connectivity index (χ4v) is 3.11. The van der Waals surface area contributed by atoms with Crippen molar-refractivity contribution in [3.63, 3.8) is 0 Å². The van der Waals surface area contributed by atoms with Crippen molar-refractivity contribution < 1.29 is 9.47 Å². The van der Waals surface area contributed by atoms with Crippen molar-refractivity contribution in [2.24, 2.45) is 0 Å². The number of methoxy groups -OCH3 is 2. The maximum atomic E-state index is 5.30. The summed E-state index contributed by atoms with van der Waals surface area (Å²) in [6.45, 7) is 2.93. The number of benzene rings is 2. The molecule has 2 rings (SSSR count). The summed E-state index contributed by atoms with van der Waals surface area (Å²) < 4.78 is 10.3. The van der Waals surface area contributed by atoms with Gasteiger partial charge in [-0.25, -0.2) is 0 Å². The molecular formula is C22H30N4O2S2. The minimum atomic E-state index is 0.642. The van der Waals surface area contributed by atoms with Gasteiger partial charge >= 0.3 is 0 Å². The van der Waals surface area contributed by atoms with Crippen molar-refractivity contribution in [3.8, 4) is 11.5 Å².